The topological polar surface area (TPSA) is 26.3 Å². The molecule has 0 rings (SSSR count). The molecule has 0 fully saturated rings. The van der Waals surface area contributed by atoms with Crippen molar-refractivity contribution < 1.29 is 9.53 Å². The highest BCUT2D eigenvalue weighted by Gasteiger charge is 1.98. The third-order valence-electron chi connectivity index (χ3n) is 1.93. The van der Waals surface area contributed by atoms with Crippen LogP contribution in [0.25, 0.3) is 0 Å². The standard InChI is InChI=1S/C11H18O2/c1-3-4-5-6-7-8-9-10-11(12)13-2/h1H,4-10H2,2H3. The van der Waals surface area contributed by atoms with Gasteiger partial charge in [0.15, 0.2) is 0 Å². The Labute approximate surface area is 80.7 Å². The molecule has 2 nitrogen and oxygen atoms in total. The molecule has 0 unspecified atom stereocenters. The number of terminal acetylenes is 1. The molecule has 0 aliphatic rings. The summed E-state index contributed by atoms with van der Waals surface area (Å²) in [5.41, 5.74) is 0. The lowest BCUT2D eigenvalue weighted by Crippen LogP contribution is -1.98. The van der Waals surface area contributed by atoms with Gasteiger partial charge in [0.05, 0.1) is 7.11 Å². The molecule has 2 heteroatoms. The lowest BCUT2D eigenvalue weighted by molar-refractivity contribution is -0.140. The fourth-order valence-electron chi connectivity index (χ4n) is 1.13. The van der Waals surface area contributed by atoms with Crippen LogP contribution >= 0.6 is 0 Å². The molecule has 0 amide bonds. The van der Waals surface area contributed by atoms with E-state index in [2.05, 4.69) is 10.7 Å². The van der Waals surface area contributed by atoms with Gasteiger partial charge in [0, 0.05) is 12.8 Å². The highest BCUT2D eigenvalue weighted by atomic mass is 16.5. The van der Waals surface area contributed by atoms with Crippen LogP contribution in [0.2, 0.25) is 0 Å². The van der Waals surface area contributed by atoms with Crippen molar-refractivity contribution in [3.05, 3.63) is 0 Å². The van der Waals surface area contributed by atoms with E-state index in [0.717, 1.165) is 25.7 Å². The second-order valence-electron chi connectivity index (χ2n) is 3.05. The molecule has 74 valence electrons. The van der Waals surface area contributed by atoms with E-state index < -0.39 is 0 Å². The average Bonchev–Trinajstić information content (AvgIpc) is 2.16. The maximum atomic E-state index is 10.7. The number of rotatable bonds is 7. The zero-order valence-corrected chi connectivity index (χ0v) is 8.34. The van der Waals surface area contributed by atoms with Gasteiger partial charge in [0.1, 0.15) is 0 Å². The van der Waals surface area contributed by atoms with Gasteiger partial charge in [-0.15, -0.1) is 12.3 Å². The van der Waals surface area contributed by atoms with Gasteiger partial charge < -0.3 is 4.74 Å². The van der Waals surface area contributed by atoms with Crippen LogP contribution in [0.5, 0.6) is 0 Å². The van der Waals surface area contributed by atoms with Crippen molar-refractivity contribution >= 4 is 5.97 Å². The van der Waals surface area contributed by atoms with E-state index in [9.17, 15) is 4.79 Å². The summed E-state index contributed by atoms with van der Waals surface area (Å²) >= 11 is 0. The van der Waals surface area contributed by atoms with Crippen molar-refractivity contribution in [1.29, 1.82) is 0 Å². The Hall–Kier alpha value is -0.970. The quantitative estimate of drug-likeness (QED) is 0.343. The summed E-state index contributed by atoms with van der Waals surface area (Å²) < 4.78 is 4.53. The van der Waals surface area contributed by atoms with Gasteiger partial charge in [-0.05, 0) is 12.8 Å². The first-order valence-corrected chi connectivity index (χ1v) is 4.81. The van der Waals surface area contributed by atoms with E-state index in [0.29, 0.717) is 6.42 Å². The SMILES string of the molecule is C#CCCCCCCCC(=O)OC. The van der Waals surface area contributed by atoms with Crippen LogP contribution in [0, 0.1) is 12.3 Å². The summed E-state index contributed by atoms with van der Waals surface area (Å²) in [5.74, 6) is 2.50. The third-order valence-corrected chi connectivity index (χ3v) is 1.93. The Balaban J connectivity index is 3.00. The van der Waals surface area contributed by atoms with E-state index in [-0.39, 0.29) is 5.97 Å². The average molecular weight is 182 g/mol. The molecule has 0 heterocycles. The summed E-state index contributed by atoms with van der Waals surface area (Å²) in [5, 5.41) is 0. The van der Waals surface area contributed by atoms with Gasteiger partial charge in [-0.3, -0.25) is 4.79 Å². The number of carbonyl (C=O) groups is 1. The molecule has 0 atom stereocenters. The lowest BCUT2D eigenvalue weighted by atomic mass is 10.1. The minimum Gasteiger partial charge on any atom is -0.469 e. The van der Waals surface area contributed by atoms with Crippen LogP contribution in [-0.4, -0.2) is 13.1 Å². The number of unbranched alkanes of at least 4 members (excludes halogenated alkanes) is 5. The first-order valence-electron chi connectivity index (χ1n) is 4.81. The highest BCUT2D eigenvalue weighted by molar-refractivity contribution is 5.68. The van der Waals surface area contributed by atoms with Crippen molar-refractivity contribution in [2.75, 3.05) is 7.11 Å². The first-order chi connectivity index (χ1) is 6.31. The van der Waals surface area contributed by atoms with Gasteiger partial charge in [-0.25, -0.2) is 0 Å². The van der Waals surface area contributed by atoms with Crippen LogP contribution in [-0.2, 0) is 9.53 Å². The van der Waals surface area contributed by atoms with Crippen molar-refractivity contribution in [3.63, 3.8) is 0 Å². The summed E-state index contributed by atoms with van der Waals surface area (Å²) in [7, 11) is 1.43. The molecule has 0 aliphatic heterocycles. The smallest absolute Gasteiger partial charge is 0.305 e. The zero-order valence-electron chi connectivity index (χ0n) is 8.34. The molecular formula is C11H18O2. The molecule has 13 heavy (non-hydrogen) atoms. The van der Waals surface area contributed by atoms with Crippen LogP contribution in [0.15, 0.2) is 0 Å². The Morgan fingerprint density at radius 2 is 1.85 bits per heavy atom. The molecule has 0 radical (unpaired) electrons. The number of carbonyl (C=O) groups excluding carboxylic acids is 1. The molecule has 0 aliphatic carbocycles. The van der Waals surface area contributed by atoms with Gasteiger partial charge in [-0.2, -0.15) is 0 Å². The summed E-state index contributed by atoms with van der Waals surface area (Å²) in [6.45, 7) is 0. The Bertz CT molecular complexity index is 167. The van der Waals surface area contributed by atoms with Crippen molar-refractivity contribution in [2.45, 2.75) is 44.9 Å². The van der Waals surface area contributed by atoms with Crippen LogP contribution in [0.4, 0.5) is 0 Å². The van der Waals surface area contributed by atoms with Gasteiger partial charge in [0.25, 0.3) is 0 Å². The van der Waals surface area contributed by atoms with Gasteiger partial charge >= 0.3 is 5.97 Å². The van der Waals surface area contributed by atoms with Crippen molar-refractivity contribution in [1.82, 2.24) is 0 Å². The molecule has 0 aromatic heterocycles. The molecule has 0 aromatic rings. The monoisotopic (exact) mass is 182 g/mol. The first kappa shape index (κ1) is 12.0. The lowest BCUT2D eigenvalue weighted by Gasteiger charge is -1.99. The normalized spacial score (nSPS) is 9.23. The predicted octanol–water partition coefficient (Wildman–Crippen LogP) is 2.52. The largest absolute Gasteiger partial charge is 0.469 e. The highest BCUT2D eigenvalue weighted by Crippen LogP contribution is 2.06. The minimum absolute atomic E-state index is 0.108. The zero-order chi connectivity index (χ0) is 9.94. The maximum absolute atomic E-state index is 10.7. The van der Waals surface area contributed by atoms with E-state index >= 15 is 0 Å². The van der Waals surface area contributed by atoms with Crippen LogP contribution < -0.4 is 0 Å². The van der Waals surface area contributed by atoms with Crippen molar-refractivity contribution in [2.24, 2.45) is 0 Å². The molecule has 0 saturated heterocycles. The second kappa shape index (κ2) is 9.12. The number of methoxy groups -OCH3 is 1. The molecule has 0 spiro atoms. The summed E-state index contributed by atoms with van der Waals surface area (Å²) in [4.78, 5) is 10.7. The number of ether oxygens (including phenoxy) is 1. The molecule has 0 bridgehead atoms. The fourth-order valence-corrected chi connectivity index (χ4v) is 1.13. The number of hydrogen-bond donors (Lipinski definition) is 0. The second-order valence-corrected chi connectivity index (χ2v) is 3.05. The van der Waals surface area contributed by atoms with Crippen LogP contribution in [0.3, 0.4) is 0 Å². The van der Waals surface area contributed by atoms with Gasteiger partial charge in [0.2, 0.25) is 0 Å². The molecule has 0 aromatic carbocycles. The predicted molar refractivity (Wildman–Crippen MR) is 53.2 cm³/mol. The third kappa shape index (κ3) is 8.94. The van der Waals surface area contributed by atoms with Crippen molar-refractivity contribution in [3.8, 4) is 12.3 Å². The molecule has 0 N–H and O–H groups in total. The van der Waals surface area contributed by atoms with E-state index in [1.807, 2.05) is 0 Å². The molecule has 0 saturated carbocycles. The van der Waals surface area contributed by atoms with E-state index in [4.69, 9.17) is 6.42 Å². The Morgan fingerprint density at radius 3 is 2.46 bits per heavy atom. The fraction of sp³-hybridized carbons (Fsp3) is 0.727. The molecular weight excluding hydrogens is 164 g/mol. The van der Waals surface area contributed by atoms with E-state index in [1.165, 1.54) is 20.0 Å². The van der Waals surface area contributed by atoms with Gasteiger partial charge in [-0.1, -0.05) is 19.3 Å². The minimum atomic E-state index is -0.108. The summed E-state index contributed by atoms with van der Waals surface area (Å²) in [6, 6.07) is 0. The van der Waals surface area contributed by atoms with Crippen LogP contribution in [0.1, 0.15) is 44.9 Å². The maximum Gasteiger partial charge on any atom is 0.305 e. The Morgan fingerprint density at radius 1 is 1.23 bits per heavy atom. The number of hydrogen-bond acceptors (Lipinski definition) is 2. The Kier molecular flexibility index (Phi) is 8.44. The van der Waals surface area contributed by atoms with E-state index in [1.54, 1.807) is 0 Å². The summed E-state index contributed by atoms with van der Waals surface area (Å²) in [6.07, 6.45) is 12.0. The number of esters is 1.